The molecule has 1 aliphatic carbocycles. The van der Waals surface area contributed by atoms with Crippen molar-refractivity contribution in [2.75, 3.05) is 20.9 Å². The molecule has 21 heavy (non-hydrogen) atoms. The number of ether oxygens (including phenoxy) is 2. The molecular weight excluding hydrogens is 274 g/mol. The van der Waals surface area contributed by atoms with E-state index in [2.05, 4.69) is 0 Å². The third kappa shape index (κ3) is 2.48. The van der Waals surface area contributed by atoms with Gasteiger partial charge in [-0.05, 0) is 31.8 Å². The van der Waals surface area contributed by atoms with Crippen LogP contribution < -0.4 is 9.47 Å². The number of aliphatic hydroxyl groups is 3. The van der Waals surface area contributed by atoms with Crippen molar-refractivity contribution in [1.82, 2.24) is 4.90 Å². The largest absolute Gasteiger partial charge is 0.454 e. The summed E-state index contributed by atoms with van der Waals surface area (Å²) in [6.45, 7) is 0.199. The first kappa shape index (κ1) is 14.6. The molecule has 0 amide bonds. The van der Waals surface area contributed by atoms with E-state index < -0.39 is 18.3 Å². The summed E-state index contributed by atoms with van der Waals surface area (Å²) in [6.07, 6.45) is -2.39. The summed E-state index contributed by atoms with van der Waals surface area (Å²) in [5, 5.41) is 30.6. The summed E-state index contributed by atoms with van der Waals surface area (Å²) in [6, 6.07) is 5.16. The molecule has 0 aromatic heterocycles. The topological polar surface area (TPSA) is 82.4 Å². The Morgan fingerprint density at radius 3 is 2.48 bits per heavy atom. The molecular formula is C15H21NO5. The zero-order valence-corrected chi connectivity index (χ0v) is 12.1. The molecule has 0 bridgehead atoms. The zero-order chi connectivity index (χ0) is 15.1. The summed E-state index contributed by atoms with van der Waals surface area (Å²) < 4.78 is 10.7. The fraction of sp³-hybridized carbons (Fsp3) is 0.600. The van der Waals surface area contributed by atoms with Crippen molar-refractivity contribution in [2.24, 2.45) is 0 Å². The molecule has 3 N–H and O–H groups in total. The molecule has 4 unspecified atom stereocenters. The van der Waals surface area contributed by atoms with Crippen LogP contribution in [0.3, 0.4) is 0 Å². The van der Waals surface area contributed by atoms with E-state index in [4.69, 9.17) is 9.47 Å². The minimum Gasteiger partial charge on any atom is -0.454 e. The van der Waals surface area contributed by atoms with E-state index in [9.17, 15) is 15.3 Å². The van der Waals surface area contributed by atoms with Crippen molar-refractivity contribution in [3.63, 3.8) is 0 Å². The van der Waals surface area contributed by atoms with Crippen LogP contribution >= 0.6 is 0 Å². The van der Waals surface area contributed by atoms with Gasteiger partial charge in [-0.1, -0.05) is 6.07 Å². The minimum atomic E-state index is -0.919. The van der Waals surface area contributed by atoms with Gasteiger partial charge in [0, 0.05) is 18.4 Å². The van der Waals surface area contributed by atoms with Crippen molar-refractivity contribution in [3.8, 4) is 11.5 Å². The average molecular weight is 295 g/mol. The maximum absolute atomic E-state index is 10.4. The Bertz CT molecular complexity index is 521. The lowest BCUT2D eigenvalue weighted by Gasteiger charge is -2.44. The van der Waals surface area contributed by atoms with Gasteiger partial charge in [-0.15, -0.1) is 0 Å². The number of nitrogens with zero attached hydrogens (tertiary/aromatic N) is 1. The molecule has 3 rings (SSSR count). The molecule has 1 saturated carbocycles. The van der Waals surface area contributed by atoms with Crippen LogP contribution in [-0.2, 0) is 0 Å². The van der Waals surface area contributed by atoms with Gasteiger partial charge in [0.1, 0.15) is 0 Å². The molecule has 1 aromatic carbocycles. The van der Waals surface area contributed by atoms with E-state index in [1.165, 1.54) is 0 Å². The molecule has 0 radical (unpaired) electrons. The molecule has 2 aliphatic rings. The number of rotatable bonds is 2. The van der Waals surface area contributed by atoms with Crippen LogP contribution in [0.15, 0.2) is 18.2 Å². The first-order chi connectivity index (χ1) is 9.99. The summed E-state index contributed by atoms with van der Waals surface area (Å²) in [5.41, 5.74) is 0.872. The van der Waals surface area contributed by atoms with Crippen molar-refractivity contribution in [3.05, 3.63) is 23.8 Å². The normalized spacial score (nSPS) is 35.2. The van der Waals surface area contributed by atoms with Crippen LogP contribution in [0, 0.1) is 0 Å². The monoisotopic (exact) mass is 295 g/mol. The summed E-state index contributed by atoms with van der Waals surface area (Å²) >= 11 is 0. The van der Waals surface area contributed by atoms with E-state index in [0.29, 0.717) is 11.5 Å². The van der Waals surface area contributed by atoms with Gasteiger partial charge in [-0.2, -0.15) is 0 Å². The lowest BCUT2D eigenvalue weighted by molar-refractivity contribution is -0.102. The quantitative estimate of drug-likeness (QED) is 0.708. The fourth-order valence-corrected chi connectivity index (χ4v) is 3.37. The van der Waals surface area contributed by atoms with Crippen LogP contribution in [0.5, 0.6) is 11.5 Å². The molecule has 6 heteroatoms. The van der Waals surface area contributed by atoms with E-state index >= 15 is 0 Å². The van der Waals surface area contributed by atoms with Gasteiger partial charge in [-0.25, -0.2) is 0 Å². The highest BCUT2D eigenvalue weighted by molar-refractivity contribution is 5.46. The third-order valence-corrected chi connectivity index (χ3v) is 4.39. The highest BCUT2D eigenvalue weighted by Gasteiger charge is 2.45. The van der Waals surface area contributed by atoms with Crippen molar-refractivity contribution in [2.45, 2.75) is 36.7 Å². The molecule has 0 saturated heterocycles. The maximum Gasteiger partial charge on any atom is 0.231 e. The highest BCUT2D eigenvalue weighted by Crippen LogP contribution is 2.40. The van der Waals surface area contributed by atoms with Crippen molar-refractivity contribution < 1.29 is 24.8 Å². The number of aliphatic hydroxyl groups excluding tert-OH is 3. The van der Waals surface area contributed by atoms with Gasteiger partial charge < -0.3 is 29.7 Å². The number of fused-ring (bicyclic) bond motifs is 1. The summed E-state index contributed by atoms with van der Waals surface area (Å²) in [7, 11) is 3.66. The van der Waals surface area contributed by atoms with Crippen LogP contribution in [0.2, 0.25) is 0 Å². The SMILES string of the molecule is CN(C)[C@H]1C(O)C(O)CC(O)C1c1ccc2c(c1)OCO2. The molecule has 5 atom stereocenters. The predicted molar refractivity (Wildman–Crippen MR) is 75.4 cm³/mol. The molecule has 1 aromatic rings. The molecule has 1 aliphatic heterocycles. The maximum atomic E-state index is 10.4. The number of likely N-dealkylation sites (N-methyl/N-ethyl adjacent to an activating group) is 1. The van der Waals surface area contributed by atoms with Gasteiger partial charge in [0.05, 0.1) is 18.3 Å². The molecule has 0 spiro atoms. The number of hydrogen-bond acceptors (Lipinski definition) is 6. The van der Waals surface area contributed by atoms with Gasteiger partial charge in [0.15, 0.2) is 11.5 Å². The zero-order valence-electron chi connectivity index (χ0n) is 12.1. The number of benzene rings is 1. The van der Waals surface area contributed by atoms with Gasteiger partial charge in [-0.3, -0.25) is 0 Å². The summed E-state index contributed by atoms with van der Waals surface area (Å²) in [4.78, 5) is 1.84. The Morgan fingerprint density at radius 2 is 1.76 bits per heavy atom. The summed E-state index contributed by atoms with van der Waals surface area (Å²) in [5.74, 6) is 1.04. The van der Waals surface area contributed by atoms with E-state index in [1.807, 2.05) is 37.2 Å². The average Bonchev–Trinajstić information content (AvgIpc) is 2.89. The second-order valence-electron chi connectivity index (χ2n) is 5.95. The van der Waals surface area contributed by atoms with E-state index in [-0.39, 0.29) is 25.2 Å². The second-order valence-corrected chi connectivity index (χ2v) is 5.95. The van der Waals surface area contributed by atoms with E-state index in [1.54, 1.807) is 0 Å². The van der Waals surface area contributed by atoms with Crippen LogP contribution in [0.1, 0.15) is 17.9 Å². The van der Waals surface area contributed by atoms with Gasteiger partial charge in [0.25, 0.3) is 0 Å². The Labute approximate surface area is 123 Å². The lowest BCUT2D eigenvalue weighted by Crippen LogP contribution is -2.57. The molecule has 6 nitrogen and oxygen atoms in total. The second kappa shape index (κ2) is 5.46. The third-order valence-electron chi connectivity index (χ3n) is 4.39. The van der Waals surface area contributed by atoms with Crippen LogP contribution in [0.4, 0.5) is 0 Å². The Balaban J connectivity index is 1.97. The Hall–Kier alpha value is -1.34. The lowest BCUT2D eigenvalue weighted by atomic mass is 9.74. The fourth-order valence-electron chi connectivity index (χ4n) is 3.37. The number of hydrogen-bond donors (Lipinski definition) is 3. The molecule has 1 fully saturated rings. The van der Waals surface area contributed by atoms with Crippen molar-refractivity contribution >= 4 is 0 Å². The first-order valence-electron chi connectivity index (χ1n) is 7.09. The smallest absolute Gasteiger partial charge is 0.231 e. The Morgan fingerprint density at radius 1 is 1.05 bits per heavy atom. The van der Waals surface area contributed by atoms with Crippen molar-refractivity contribution in [1.29, 1.82) is 0 Å². The molecule has 116 valence electrons. The van der Waals surface area contributed by atoms with Crippen LogP contribution in [0.25, 0.3) is 0 Å². The standard InChI is InChI=1S/C15H21NO5/c1-16(2)14-13(9(17)6-10(18)15(14)19)8-3-4-11-12(5-8)21-7-20-11/h3-5,9-10,13-15,17-19H,6-7H2,1-2H3/t9?,10?,13?,14-,15?/m1/s1. The Kier molecular flexibility index (Phi) is 3.79. The first-order valence-corrected chi connectivity index (χ1v) is 7.09. The minimum absolute atomic E-state index is 0.157. The van der Waals surface area contributed by atoms with Gasteiger partial charge in [0.2, 0.25) is 6.79 Å². The van der Waals surface area contributed by atoms with E-state index in [0.717, 1.165) is 5.56 Å². The van der Waals surface area contributed by atoms with Gasteiger partial charge >= 0.3 is 0 Å². The van der Waals surface area contributed by atoms with Crippen LogP contribution in [-0.4, -0.2) is 65.5 Å². The predicted octanol–water partition coefficient (Wildman–Crippen LogP) is -0.0845. The molecule has 1 heterocycles. The highest BCUT2D eigenvalue weighted by atomic mass is 16.7.